The molecule has 0 aliphatic heterocycles. The molecule has 0 bridgehead atoms. The maximum Gasteiger partial charge on any atom is 0.351 e. The molecule has 10 heteroatoms. The van der Waals surface area contributed by atoms with Gasteiger partial charge in [-0.15, -0.1) is 6.42 Å². The number of ether oxygens (including phenoxy) is 1. The van der Waals surface area contributed by atoms with Crippen LogP contribution < -0.4 is 5.32 Å². The van der Waals surface area contributed by atoms with Crippen molar-refractivity contribution in [2.75, 3.05) is 13.4 Å². The highest BCUT2D eigenvalue weighted by Gasteiger charge is 2.44. The number of halogens is 1. The highest BCUT2D eigenvalue weighted by molar-refractivity contribution is 7.51. The van der Waals surface area contributed by atoms with Crippen LogP contribution in [0.25, 0.3) is 0 Å². The number of amides is 2. The molecule has 0 fully saturated rings. The lowest BCUT2D eigenvalue weighted by Gasteiger charge is -2.27. The van der Waals surface area contributed by atoms with Crippen LogP contribution in [0.1, 0.15) is 6.42 Å². The molecule has 0 saturated heterocycles. The summed E-state index contributed by atoms with van der Waals surface area (Å²) in [5.74, 6) is 0.590. The van der Waals surface area contributed by atoms with Crippen LogP contribution in [0, 0.1) is 12.3 Å². The predicted octanol–water partition coefficient (Wildman–Crippen LogP) is -0.146. The average molecular weight is 346 g/mol. The quantitative estimate of drug-likeness (QED) is 0.254. The van der Waals surface area contributed by atoms with E-state index >= 15 is 0 Å². The normalized spacial score (nSPS) is 24.1. The van der Waals surface area contributed by atoms with Crippen LogP contribution in [0.4, 0.5) is 4.39 Å². The number of carbonyl (C=O) groups excluding carboxylic acids is 2. The van der Waals surface area contributed by atoms with E-state index in [9.17, 15) is 18.5 Å². The van der Waals surface area contributed by atoms with Crippen molar-refractivity contribution in [2.45, 2.75) is 18.1 Å². The molecule has 1 aliphatic carbocycles. The monoisotopic (exact) mass is 346 g/mol. The first kappa shape index (κ1) is 19.1. The third-order valence-electron chi connectivity index (χ3n) is 3.12. The van der Waals surface area contributed by atoms with Gasteiger partial charge >= 0.3 is 7.60 Å². The minimum absolute atomic E-state index is 0.0918. The zero-order valence-corrected chi connectivity index (χ0v) is 13.1. The van der Waals surface area contributed by atoms with Crippen molar-refractivity contribution >= 4 is 19.9 Å². The second kappa shape index (κ2) is 7.53. The topological polar surface area (TPSA) is 116 Å². The molecule has 2 atom stereocenters. The van der Waals surface area contributed by atoms with Crippen LogP contribution in [0.5, 0.6) is 0 Å². The van der Waals surface area contributed by atoms with Gasteiger partial charge in [-0.05, 0) is 6.08 Å². The second-order valence-corrected chi connectivity index (χ2v) is 6.39. The number of nitrogens with zero attached hydrogens (tertiary/aromatic N) is 1. The SMILES string of the molecule is C#C[C@]1(OCP(=O)(O)O)CC(N(C)/C=C\C(=O)NC=O)C=C1F. The van der Waals surface area contributed by atoms with E-state index in [0.717, 1.165) is 12.2 Å². The molecule has 1 rings (SSSR count). The number of hydrogen-bond donors (Lipinski definition) is 3. The highest BCUT2D eigenvalue weighted by atomic mass is 31.2. The van der Waals surface area contributed by atoms with Crippen molar-refractivity contribution in [3.8, 4) is 12.3 Å². The van der Waals surface area contributed by atoms with Crippen molar-refractivity contribution in [3.63, 3.8) is 0 Å². The third-order valence-corrected chi connectivity index (χ3v) is 3.58. The van der Waals surface area contributed by atoms with E-state index in [2.05, 4.69) is 5.92 Å². The summed E-state index contributed by atoms with van der Waals surface area (Å²) in [6.07, 6.45) is 7.90. The number of carbonyl (C=O) groups is 2. The van der Waals surface area contributed by atoms with Gasteiger partial charge in [0.2, 0.25) is 6.41 Å². The Balaban J connectivity index is 2.80. The molecule has 126 valence electrons. The van der Waals surface area contributed by atoms with Crippen molar-refractivity contribution in [1.82, 2.24) is 10.2 Å². The predicted molar refractivity (Wildman–Crippen MR) is 78.3 cm³/mol. The number of hydrogen-bond acceptors (Lipinski definition) is 5. The molecule has 0 aromatic carbocycles. The van der Waals surface area contributed by atoms with E-state index in [1.807, 2.05) is 5.32 Å². The summed E-state index contributed by atoms with van der Waals surface area (Å²) in [6.45, 7) is 0. The Morgan fingerprint density at radius 1 is 1.74 bits per heavy atom. The van der Waals surface area contributed by atoms with Crippen LogP contribution in [-0.4, -0.2) is 52.0 Å². The number of imide groups is 1. The lowest BCUT2D eigenvalue weighted by molar-refractivity contribution is -0.121. The molecular formula is C13H16FN2O6P. The van der Waals surface area contributed by atoms with Gasteiger partial charge in [0.1, 0.15) is 5.83 Å². The molecule has 0 saturated carbocycles. The zero-order valence-electron chi connectivity index (χ0n) is 12.2. The van der Waals surface area contributed by atoms with E-state index in [1.54, 1.807) is 0 Å². The molecular weight excluding hydrogens is 330 g/mol. The number of nitrogens with one attached hydrogen (secondary N) is 1. The summed E-state index contributed by atoms with van der Waals surface area (Å²) in [6, 6.07) is -0.594. The summed E-state index contributed by atoms with van der Waals surface area (Å²) in [7, 11) is -2.97. The molecule has 1 unspecified atom stereocenters. The van der Waals surface area contributed by atoms with Gasteiger partial charge in [0.05, 0.1) is 6.04 Å². The van der Waals surface area contributed by atoms with Crippen molar-refractivity contribution in [2.24, 2.45) is 0 Å². The Morgan fingerprint density at radius 2 is 2.39 bits per heavy atom. The van der Waals surface area contributed by atoms with Crippen LogP contribution in [-0.2, 0) is 18.9 Å². The summed E-state index contributed by atoms with van der Waals surface area (Å²) in [5, 5.41) is 1.90. The van der Waals surface area contributed by atoms with Gasteiger partial charge in [0, 0.05) is 25.7 Å². The van der Waals surface area contributed by atoms with Crippen molar-refractivity contribution in [3.05, 3.63) is 24.2 Å². The van der Waals surface area contributed by atoms with Gasteiger partial charge in [0.25, 0.3) is 5.91 Å². The van der Waals surface area contributed by atoms with Gasteiger partial charge in [-0.2, -0.15) is 0 Å². The van der Waals surface area contributed by atoms with Crippen LogP contribution in [0.2, 0.25) is 0 Å². The van der Waals surface area contributed by atoms with Gasteiger partial charge < -0.3 is 19.4 Å². The molecule has 8 nitrogen and oxygen atoms in total. The fraction of sp³-hybridized carbons (Fsp3) is 0.385. The molecule has 1 aliphatic rings. The third kappa shape index (κ3) is 5.30. The van der Waals surface area contributed by atoms with E-state index < -0.39 is 37.3 Å². The fourth-order valence-electron chi connectivity index (χ4n) is 1.91. The molecule has 0 radical (unpaired) electrons. The lowest BCUT2D eigenvalue weighted by Crippen LogP contribution is -2.34. The molecule has 23 heavy (non-hydrogen) atoms. The average Bonchev–Trinajstić information content (AvgIpc) is 2.80. The summed E-state index contributed by atoms with van der Waals surface area (Å²) < 4.78 is 29.9. The maximum atomic E-state index is 14.1. The van der Waals surface area contributed by atoms with Crippen molar-refractivity contribution < 1.29 is 33.1 Å². The smallest absolute Gasteiger partial charge is 0.351 e. The molecule has 0 spiro atoms. The molecule has 0 aromatic rings. The fourth-order valence-corrected chi connectivity index (χ4v) is 2.30. The number of likely N-dealkylation sites (N-methyl/N-ethyl adjacent to an activating group) is 1. The number of rotatable bonds is 7. The highest BCUT2D eigenvalue weighted by Crippen LogP contribution is 2.42. The zero-order chi connectivity index (χ0) is 17.7. The van der Waals surface area contributed by atoms with Gasteiger partial charge in [-0.3, -0.25) is 19.5 Å². The van der Waals surface area contributed by atoms with Gasteiger partial charge in [-0.25, -0.2) is 4.39 Å². The standard InChI is InChI=1S/C13H16FN2O6P/c1-3-13(22-9-23(19,20)21)7-10(6-11(13)14)16(2)5-4-12(18)15-8-17/h1,4-6,8,10H,7,9H2,2H3,(H,15,17,18)(H2,19,20,21)/b5-4-/t10?,13-/m0/s1. The summed E-state index contributed by atoms with van der Waals surface area (Å²) in [5.41, 5.74) is -1.86. The van der Waals surface area contributed by atoms with E-state index in [-0.39, 0.29) is 12.8 Å². The minimum atomic E-state index is -4.50. The summed E-state index contributed by atoms with van der Waals surface area (Å²) >= 11 is 0. The molecule has 2 amide bonds. The minimum Gasteiger partial charge on any atom is -0.374 e. The second-order valence-electron chi connectivity index (χ2n) is 4.80. The Kier molecular flexibility index (Phi) is 6.24. The molecule has 0 aromatic heterocycles. The van der Waals surface area contributed by atoms with Gasteiger partial charge in [-0.1, -0.05) is 5.92 Å². The largest absolute Gasteiger partial charge is 0.374 e. The maximum absolute atomic E-state index is 14.1. The molecule has 3 N–H and O–H groups in total. The Bertz CT molecular complexity index is 622. The van der Waals surface area contributed by atoms with E-state index in [4.69, 9.17) is 20.9 Å². The van der Waals surface area contributed by atoms with Gasteiger partial charge in [0.15, 0.2) is 11.9 Å². The Hall–Kier alpha value is -1.98. The summed E-state index contributed by atoms with van der Waals surface area (Å²) in [4.78, 5) is 40.3. The first-order valence-electron chi connectivity index (χ1n) is 6.32. The van der Waals surface area contributed by atoms with Crippen LogP contribution >= 0.6 is 7.60 Å². The number of terminal acetylenes is 1. The first-order chi connectivity index (χ1) is 10.6. The van der Waals surface area contributed by atoms with E-state index in [0.29, 0.717) is 0 Å². The lowest BCUT2D eigenvalue weighted by atomic mass is 10.0. The van der Waals surface area contributed by atoms with Crippen LogP contribution in [0.3, 0.4) is 0 Å². The van der Waals surface area contributed by atoms with Crippen LogP contribution in [0.15, 0.2) is 24.2 Å². The van der Waals surface area contributed by atoms with E-state index in [1.165, 1.54) is 18.1 Å². The Morgan fingerprint density at radius 3 is 2.91 bits per heavy atom. The van der Waals surface area contributed by atoms with Crippen molar-refractivity contribution in [1.29, 1.82) is 0 Å². The molecule has 0 heterocycles. The first-order valence-corrected chi connectivity index (χ1v) is 8.11. The Labute approximate surface area is 132 Å².